The Morgan fingerprint density at radius 3 is 2.78 bits per heavy atom. The molecule has 0 atom stereocenters. The van der Waals surface area contributed by atoms with Crippen molar-refractivity contribution in [3.63, 3.8) is 0 Å². The zero-order valence-electron chi connectivity index (χ0n) is 12.4. The van der Waals surface area contributed by atoms with Crippen LogP contribution in [0, 0.1) is 6.92 Å². The molecule has 3 rings (SSSR count). The van der Waals surface area contributed by atoms with E-state index in [4.69, 9.17) is 0 Å². The van der Waals surface area contributed by atoms with Crippen molar-refractivity contribution in [2.45, 2.75) is 17.8 Å². The Hall–Kier alpha value is -1.99. The molecular weight excluding hydrogens is 374 g/mol. The molecule has 2 heterocycles. The highest BCUT2D eigenvalue weighted by atomic mass is 79.9. The number of aromatic nitrogens is 4. The molecule has 0 saturated heterocycles. The van der Waals surface area contributed by atoms with Crippen molar-refractivity contribution in [3.05, 3.63) is 70.2 Å². The normalized spacial score (nSPS) is 11.2. The molecule has 0 spiro atoms. The maximum absolute atomic E-state index is 4.46. The number of thioether (sulfide) groups is 1. The van der Waals surface area contributed by atoms with Gasteiger partial charge in [0.15, 0.2) is 5.82 Å². The molecule has 3 aromatic rings. The Morgan fingerprint density at radius 2 is 2.04 bits per heavy atom. The molecule has 0 saturated carbocycles. The summed E-state index contributed by atoms with van der Waals surface area (Å²) in [6, 6.07) is 12.1. The fourth-order valence-electron chi connectivity index (χ4n) is 1.87. The van der Waals surface area contributed by atoms with Crippen LogP contribution in [0.1, 0.15) is 17.0 Å². The standard InChI is InChI=1S/C16H14BrN5S/c1-12-20-21-16(23-11-13-4-6-15(17)7-5-13)22(12)19-10-14-3-2-8-18-9-14/h2-10H,11H2,1H3/b19-10-. The van der Waals surface area contributed by atoms with Gasteiger partial charge in [-0.1, -0.05) is 45.9 Å². The third-order valence-electron chi connectivity index (χ3n) is 3.06. The second kappa shape index (κ2) is 7.52. The fourth-order valence-corrected chi connectivity index (χ4v) is 3.02. The molecule has 0 bridgehead atoms. The first-order valence-electron chi connectivity index (χ1n) is 6.96. The molecule has 0 aliphatic rings. The number of hydrogen-bond acceptors (Lipinski definition) is 5. The lowest BCUT2D eigenvalue weighted by molar-refractivity contribution is 0.744. The monoisotopic (exact) mass is 387 g/mol. The van der Waals surface area contributed by atoms with Gasteiger partial charge in [0.1, 0.15) is 0 Å². The predicted molar refractivity (Wildman–Crippen MR) is 95.7 cm³/mol. The van der Waals surface area contributed by atoms with Crippen molar-refractivity contribution in [1.29, 1.82) is 0 Å². The van der Waals surface area contributed by atoms with E-state index in [0.717, 1.165) is 26.8 Å². The molecule has 2 aromatic heterocycles. The lowest BCUT2D eigenvalue weighted by Gasteiger charge is -2.03. The van der Waals surface area contributed by atoms with Crippen molar-refractivity contribution in [1.82, 2.24) is 19.9 Å². The largest absolute Gasteiger partial charge is 0.264 e. The van der Waals surface area contributed by atoms with Crippen molar-refractivity contribution >= 4 is 33.9 Å². The molecule has 7 heteroatoms. The second-order valence-electron chi connectivity index (χ2n) is 4.79. The first-order valence-corrected chi connectivity index (χ1v) is 8.74. The van der Waals surface area contributed by atoms with Crippen LogP contribution in [0.3, 0.4) is 0 Å². The minimum atomic E-state index is 0.753. The highest BCUT2D eigenvalue weighted by molar-refractivity contribution is 9.10. The van der Waals surface area contributed by atoms with Crippen LogP contribution in [0.4, 0.5) is 0 Å². The van der Waals surface area contributed by atoms with Gasteiger partial charge in [-0.15, -0.1) is 10.2 Å². The van der Waals surface area contributed by atoms with Crippen LogP contribution in [0.5, 0.6) is 0 Å². The topological polar surface area (TPSA) is 56.0 Å². The SMILES string of the molecule is Cc1nnc(SCc2ccc(Br)cc2)n1/N=C\c1cccnc1. The van der Waals surface area contributed by atoms with Crippen LogP contribution in [0.25, 0.3) is 0 Å². The Kier molecular flexibility index (Phi) is 5.19. The van der Waals surface area contributed by atoms with Gasteiger partial charge in [-0.25, -0.2) is 0 Å². The molecule has 0 unspecified atom stereocenters. The van der Waals surface area contributed by atoms with Crippen molar-refractivity contribution in [2.75, 3.05) is 0 Å². The number of nitrogens with zero attached hydrogens (tertiary/aromatic N) is 5. The number of benzene rings is 1. The minimum Gasteiger partial charge on any atom is -0.264 e. The molecular formula is C16H14BrN5S. The van der Waals surface area contributed by atoms with Gasteiger partial charge in [0, 0.05) is 28.2 Å². The molecule has 0 radical (unpaired) electrons. The Labute approximate surface area is 147 Å². The van der Waals surface area contributed by atoms with E-state index in [-0.39, 0.29) is 0 Å². The van der Waals surface area contributed by atoms with Crippen LogP contribution in [0.2, 0.25) is 0 Å². The summed E-state index contributed by atoms with van der Waals surface area (Å²) in [7, 11) is 0. The molecule has 0 aliphatic heterocycles. The quantitative estimate of drug-likeness (QED) is 0.491. The lowest BCUT2D eigenvalue weighted by atomic mass is 10.2. The van der Waals surface area contributed by atoms with Gasteiger partial charge < -0.3 is 0 Å². The van der Waals surface area contributed by atoms with Gasteiger partial charge in [0.05, 0.1) is 6.21 Å². The van der Waals surface area contributed by atoms with Crippen molar-refractivity contribution in [3.8, 4) is 0 Å². The van der Waals surface area contributed by atoms with Crippen LogP contribution in [-0.2, 0) is 5.75 Å². The number of rotatable bonds is 5. The summed E-state index contributed by atoms with van der Waals surface area (Å²) in [4.78, 5) is 4.07. The zero-order valence-corrected chi connectivity index (χ0v) is 14.8. The summed E-state index contributed by atoms with van der Waals surface area (Å²) >= 11 is 5.05. The van der Waals surface area contributed by atoms with Crippen molar-refractivity contribution < 1.29 is 0 Å². The van der Waals surface area contributed by atoms with Gasteiger partial charge in [-0.2, -0.15) is 9.78 Å². The Balaban J connectivity index is 1.73. The Bertz CT molecular complexity index is 799. The molecule has 23 heavy (non-hydrogen) atoms. The first kappa shape index (κ1) is 15.9. The molecule has 116 valence electrons. The fraction of sp³-hybridized carbons (Fsp3) is 0.125. The van der Waals surface area contributed by atoms with Gasteiger partial charge >= 0.3 is 0 Å². The highest BCUT2D eigenvalue weighted by Gasteiger charge is 2.08. The third-order valence-corrected chi connectivity index (χ3v) is 4.57. The van der Waals surface area contributed by atoms with E-state index < -0.39 is 0 Å². The summed E-state index contributed by atoms with van der Waals surface area (Å²) in [5.41, 5.74) is 2.16. The summed E-state index contributed by atoms with van der Waals surface area (Å²) in [6.45, 7) is 1.89. The number of pyridine rings is 1. The summed E-state index contributed by atoms with van der Waals surface area (Å²) in [6.07, 6.45) is 5.26. The molecule has 0 fully saturated rings. The van der Waals surface area contributed by atoms with Crippen LogP contribution < -0.4 is 0 Å². The summed E-state index contributed by atoms with van der Waals surface area (Å²) < 4.78 is 2.82. The van der Waals surface area contributed by atoms with Crippen LogP contribution in [0.15, 0.2) is 63.5 Å². The van der Waals surface area contributed by atoms with Crippen molar-refractivity contribution in [2.24, 2.45) is 5.10 Å². The van der Waals surface area contributed by atoms with E-state index in [2.05, 4.69) is 48.3 Å². The second-order valence-corrected chi connectivity index (χ2v) is 6.65. The van der Waals surface area contributed by atoms with Gasteiger partial charge in [0.2, 0.25) is 5.16 Å². The van der Waals surface area contributed by atoms with E-state index in [1.54, 1.807) is 35.0 Å². The minimum absolute atomic E-state index is 0.753. The van der Waals surface area contributed by atoms with Gasteiger partial charge in [0.25, 0.3) is 0 Å². The first-order chi connectivity index (χ1) is 11.2. The van der Waals surface area contributed by atoms with E-state index in [1.807, 2.05) is 31.2 Å². The molecule has 1 aromatic carbocycles. The van der Waals surface area contributed by atoms with Gasteiger partial charge in [-0.3, -0.25) is 4.98 Å². The summed E-state index contributed by atoms with van der Waals surface area (Å²) in [5, 5.41) is 13.5. The van der Waals surface area contributed by atoms with E-state index >= 15 is 0 Å². The predicted octanol–water partition coefficient (Wildman–Crippen LogP) is 3.92. The molecule has 0 amide bonds. The average molecular weight is 388 g/mol. The summed E-state index contributed by atoms with van der Waals surface area (Å²) in [5.74, 6) is 1.57. The van der Waals surface area contributed by atoms with E-state index in [1.165, 1.54) is 5.56 Å². The smallest absolute Gasteiger partial charge is 0.212 e. The number of halogens is 1. The lowest BCUT2D eigenvalue weighted by Crippen LogP contribution is -1.96. The molecule has 0 N–H and O–H groups in total. The zero-order chi connectivity index (χ0) is 16.1. The van der Waals surface area contributed by atoms with E-state index in [0.29, 0.717) is 0 Å². The third kappa shape index (κ3) is 4.27. The maximum Gasteiger partial charge on any atom is 0.212 e. The Morgan fingerprint density at radius 1 is 1.22 bits per heavy atom. The molecule has 0 aliphatic carbocycles. The van der Waals surface area contributed by atoms with Gasteiger partial charge in [-0.05, 0) is 30.7 Å². The maximum atomic E-state index is 4.46. The van der Waals surface area contributed by atoms with E-state index in [9.17, 15) is 0 Å². The average Bonchev–Trinajstić information content (AvgIpc) is 2.93. The van der Waals surface area contributed by atoms with Crippen LogP contribution in [-0.4, -0.2) is 26.1 Å². The highest BCUT2D eigenvalue weighted by Crippen LogP contribution is 2.22. The number of hydrogen-bond donors (Lipinski definition) is 0. The van der Waals surface area contributed by atoms with Crippen LogP contribution >= 0.6 is 27.7 Å². The number of aryl methyl sites for hydroxylation is 1. The molecule has 5 nitrogen and oxygen atoms in total.